The summed E-state index contributed by atoms with van der Waals surface area (Å²) in [4.78, 5) is 4.78. The number of rotatable bonds is 6. The van der Waals surface area contributed by atoms with Crippen molar-refractivity contribution in [2.24, 2.45) is 0 Å². The highest BCUT2D eigenvalue weighted by Gasteiger charge is 2.19. The molecule has 27 heavy (non-hydrogen) atoms. The van der Waals surface area contributed by atoms with Gasteiger partial charge in [0.15, 0.2) is 0 Å². The number of fused-ring (bicyclic) bond motifs is 1. The van der Waals surface area contributed by atoms with Gasteiger partial charge in [0.2, 0.25) is 5.95 Å². The van der Waals surface area contributed by atoms with Gasteiger partial charge in [-0.3, -0.25) is 0 Å². The summed E-state index contributed by atoms with van der Waals surface area (Å²) < 4.78 is 7.37. The van der Waals surface area contributed by atoms with Crippen LogP contribution in [0.25, 0.3) is 11.0 Å². The molecule has 1 atom stereocenters. The van der Waals surface area contributed by atoms with E-state index in [1.807, 2.05) is 48.5 Å². The number of aliphatic hydroxyl groups is 1. The van der Waals surface area contributed by atoms with E-state index in [4.69, 9.17) is 9.72 Å². The number of para-hydroxylation sites is 2. The Morgan fingerprint density at radius 1 is 1.22 bits per heavy atom. The Morgan fingerprint density at radius 3 is 2.85 bits per heavy atom. The number of anilines is 1. The first-order valence-corrected chi connectivity index (χ1v) is 9.49. The molecule has 1 aliphatic heterocycles. The number of imidazole rings is 1. The Bertz CT molecular complexity index is 902. The second-order valence-corrected chi connectivity index (χ2v) is 7.00. The van der Waals surface area contributed by atoms with E-state index in [2.05, 4.69) is 15.2 Å². The standard InChI is InChI=1S/C21H26N4O2/c1-27-17-6-4-5-15(13-17)20(26)14-25-19-8-3-2-7-18(19)24-21(25)23-16-9-11-22-12-10-16/h2-8,13,16,20,22,26H,9-12,14H2,1H3,(H,23,24). The molecule has 1 aromatic heterocycles. The van der Waals surface area contributed by atoms with Crippen LogP contribution in [0.5, 0.6) is 5.75 Å². The van der Waals surface area contributed by atoms with E-state index in [9.17, 15) is 5.11 Å². The van der Waals surface area contributed by atoms with Gasteiger partial charge in [0.05, 0.1) is 30.8 Å². The normalized spacial score (nSPS) is 16.4. The molecule has 0 amide bonds. The van der Waals surface area contributed by atoms with E-state index in [0.29, 0.717) is 12.6 Å². The molecule has 1 fully saturated rings. The molecular weight excluding hydrogens is 340 g/mol. The summed E-state index contributed by atoms with van der Waals surface area (Å²) in [6.07, 6.45) is 1.50. The second-order valence-electron chi connectivity index (χ2n) is 7.00. The third-order valence-corrected chi connectivity index (χ3v) is 5.16. The van der Waals surface area contributed by atoms with E-state index >= 15 is 0 Å². The number of methoxy groups -OCH3 is 1. The van der Waals surface area contributed by atoms with Crippen LogP contribution in [0.3, 0.4) is 0 Å². The summed E-state index contributed by atoms with van der Waals surface area (Å²) in [7, 11) is 1.63. The van der Waals surface area contributed by atoms with E-state index in [-0.39, 0.29) is 0 Å². The number of aromatic nitrogens is 2. The summed E-state index contributed by atoms with van der Waals surface area (Å²) in [5.74, 6) is 1.57. The van der Waals surface area contributed by atoms with Crippen molar-refractivity contribution in [3.63, 3.8) is 0 Å². The fraction of sp³-hybridized carbons (Fsp3) is 0.381. The first-order valence-electron chi connectivity index (χ1n) is 9.49. The topological polar surface area (TPSA) is 71.3 Å². The van der Waals surface area contributed by atoms with Crippen LogP contribution < -0.4 is 15.4 Å². The number of ether oxygens (including phenoxy) is 1. The van der Waals surface area contributed by atoms with Crippen LogP contribution in [0.4, 0.5) is 5.95 Å². The number of piperidine rings is 1. The van der Waals surface area contributed by atoms with E-state index in [1.165, 1.54) is 0 Å². The number of benzene rings is 2. The summed E-state index contributed by atoms with van der Waals surface area (Å²) in [6.45, 7) is 2.47. The van der Waals surface area contributed by atoms with Gasteiger partial charge in [-0.2, -0.15) is 0 Å². The van der Waals surface area contributed by atoms with Crippen molar-refractivity contribution < 1.29 is 9.84 Å². The van der Waals surface area contributed by atoms with Gasteiger partial charge in [0, 0.05) is 6.04 Å². The molecule has 142 valence electrons. The average molecular weight is 366 g/mol. The Morgan fingerprint density at radius 2 is 2.04 bits per heavy atom. The lowest BCUT2D eigenvalue weighted by molar-refractivity contribution is 0.158. The molecular formula is C21H26N4O2. The van der Waals surface area contributed by atoms with Gasteiger partial charge in [0.1, 0.15) is 5.75 Å². The molecule has 3 N–H and O–H groups in total. The van der Waals surface area contributed by atoms with Crippen LogP contribution in [0.1, 0.15) is 24.5 Å². The van der Waals surface area contributed by atoms with Crippen molar-refractivity contribution in [1.82, 2.24) is 14.9 Å². The molecule has 0 saturated carbocycles. The lowest BCUT2D eigenvalue weighted by atomic mass is 10.1. The Labute approximate surface area is 159 Å². The van der Waals surface area contributed by atoms with Gasteiger partial charge >= 0.3 is 0 Å². The van der Waals surface area contributed by atoms with Crippen molar-refractivity contribution in [1.29, 1.82) is 0 Å². The monoisotopic (exact) mass is 366 g/mol. The first-order chi connectivity index (χ1) is 13.2. The zero-order valence-electron chi connectivity index (χ0n) is 15.6. The van der Waals surface area contributed by atoms with Gasteiger partial charge in [0.25, 0.3) is 0 Å². The molecule has 1 saturated heterocycles. The molecule has 0 aliphatic carbocycles. The SMILES string of the molecule is COc1cccc(C(O)Cn2c(NC3CCNCC3)nc3ccccc32)c1. The third-order valence-electron chi connectivity index (χ3n) is 5.16. The van der Waals surface area contributed by atoms with Crippen molar-refractivity contribution >= 4 is 17.0 Å². The molecule has 0 spiro atoms. The van der Waals surface area contributed by atoms with Crippen LogP contribution >= 0.6 is 0 Å². The molecule has 3 aromatic rings. The molecule has 6 heteroatoms. The molecule has 0 radical (unpaired) electrons. The summed E-state index contributed by atoms with van der Waals surface area (Å²) in [6, 6.07) is 16.0. The second kappa shape index (κ2) is 7.98. The van der Waals surface area contributed by atoms with Gasteiger partial charge < -0.3 is 25.0 Å². The van der Waals surface area contributed by atoms with Gasteiger partial charge in [-0.25, -0.2) is 4.98 Å². The van der Waals surface area contributed by atoms with Crippen LogP contribution in [-0.4, -0.2) is 40.9 Å². The maximum absolute atomic E-state index is 10.9. The highest BCUT2D eigenvalue weighted by atomic mass is 16.5. The zero-order chi connectivity index (χ0) is 18.6. The molecule has 6 nitrogen and oxygen atoms in total. The molecule has 1 aliphatic rings. The quantitative estimate of drug-likeness (QED) is 0.626. The van der Waals surface area contributed by atoms with E-state index < -0.39 is 6.10 Å². The maximum atomic E-state index is 10.9. The van der Waals surface area contributed by atoms with Gasteiger partial charge in [-0.15, -0.1) is 0 Å². The van der Waals surface area contributed by atoms with Gasteiger partial charge in [-0.05, 0) is 55.8 Å². The van der Waals surface area contributed by atoms with Crippen LogP contribution in [-0.2, 0) is 6.54 Å². The number of aliphatic hydroxyl groups excluding tert-OH is 1. The van der Waals surface area contributed by atoms with Crippen molar-refractivity contribution in [3.05, 3.63) is 54.1 Å². The van der Waals surface area contributed by atoms with Crippen LogP contribution in [0, 0.1) is 0 Å². The molecule has 2 heterocycles. The zero-order valence-corrected chi connectivity index (χ0v) is 15.6. The molecule has 1 unspecified atom stereocenters. The third kappa shape index (κ3) is 3.91. The maximum Gasteiger partial charge on any atom is 0.204 e. The predicted molar refractivity (Wildman–Crippen MR) is 107 cm³/mol. The average Bonchev–Trinajstić information content (AvgIpc) is 3.06. The Balaban J connectivity index is 1.63. The molecule has 2 aromatic carbocycles. The van der Waals surface area contributed by atoms with Crippen molar-refractivity contribution in [2.45, 2.75) is 31.5 Å². The summed E-state index contributed by atoms with van der Waals surface area (Å²) in [5.41, 5.74) is 2.79. The highest BCUT2D eigenvalue weighted by molar-refractivity contribution is 5.78. The number of nitrogens with zero attached hydrogens (tertiary/aromatic N) is 2. The predicted octanol–water partition coefficient (Wildman–Crippen LogP) is 2.94. The lowest BCUT2D eigenvalue weighted by Crippen LogP contribution is -2.36. The largest absolute Gasteiger partial charge is 0.497 e. The minimum Gasteiger partial charge on any atom is -0.497 e. The summed E-state index contributed by atoms with van der Waals surface area (Å²) in [5, 5.41) is 17.8. The summed E-state index contributed by atoms with van der Waals surface area (Å²) >= 11 is 0. The first kappa shape index (κ1) is 17.8. The number of hydrogen-bond donors (Lipinski definition) is 3. The minimum atomic E-state index is -0.647. The fourth-order valence-corrected chi connectivity index (χ4v) is 3.65. The van der Waals surface area contributed by atoms with Crippen LogP contribution in [0.15, 0.2) is 48.5 Å². The Hall–Kier alpha value is -2.57. The van der Waals surface area contributed by atoms with Crippen molar-refractivity contribution in [3.8, 4) is 5.75 Å². The molecule has 0 bridgehead atoms. The highest BCUT2D eigenvalue weighted by Crippen LogP contribution is 2.26. The molecule has 4 rings (SSSR count). The smallest absolute Gasteiger partial charge is 0.204 e. The van der Waals surface area contributed by atoms with E-state index in [1.54, 1.807) is 7.11 Å². The Kier molecular flexibility index (Phi) is 5.27. The minimum absolute atomic E-state index is 0.399. The number of hydrogen-bond acceptors (Lipinski definition) is 5. The van der Waals surface area contributed by atoms with Crippen molar-refractivity contribution in [2.75, 3.05) is 25.5 Å². The fourth-order valence-electron chi connectivity index (χ4n) is 3.65. The van der Waals surface area contributed by atoms with E-state index in [0.717, 1.165) is 54.2 Å². The van der Waals surface area contributed by atoms with Crippen LogP contribution in [0.2, 0.25) is 0 Å². The number of nitrogens with one attached hydrogen (secondary N) is 2. The lowest BCUT2D eigenvalue weighted by Gasteiger charge is -2.25. The van der Waals surface area contributed by atoms with Gasteiger partial charge in [-0.1, -0.05) is 24.3 Å².